The summed E-state index contributed by atoms with van der Waals surface area (Å²) >= 11 is 8.88. The number of benzene rings is 2. The number of halogens is 1. The van der Waals surface area contributed by atoms with E-state index in [1.165, 1.54) is 28.9 Å². The number of nitrogens with zero attached hydrogens (tertiary/aromatic N) is 7. The number of aromatic nitrogens is 4. The molecule has 3 fully saturated rings. The fourth-order valence-electron chi connectivity index (χ4n) is 9.75. The van der Waals surface area contributed by atoms with Gasteiger partial charge in [-0.15, -0.1) is 11.3 Å². The number of para-hydroxylation sites is 1. The Hall–Kier alpha value is -6.18. The van der Waals surface area contributed by atoms with Gasteiger partial charge in [0.1, 0.15) is 58.0 Å². The fourth-order valence-corrected chi connectivity index (χ4v) is 11.7. The second-order valence-electron chi connectivity index (χ2n) is 19.8. The molecule has 1 saturated carbocycles. The van der Waals surface area contributed by atoms with E-state index in [0.29, 0.717) is 122 Å². The van der Waals surface area contributed by atoms with Crippen LogP contribution in [0, 0.1) is 19.8 Å². The predicted octanol–water partition coefficient (Wildman–Crippen LogP) is 7.02. The minimum atomic E-state index is -0.589. The summed E-state index contributed by atoms with van der Waals surface area (Å²) in [5.41, 5.74) is 2.18. The number of likely N-dealkylation sites (tertiary alicyclic amines) is 1. The number of carbonyl (C=O) groups excluding carboxylic acids is 5. The van der Waals surface area contributed by atoms with Gasteiger partial charge in [0.05, 0.1) is 75.2 Å². The zero-order valence-corrected chi connectivity index (χ0v) is 48.2. The van der Waals surface area contributed by atoms with E-state index in [9.17, 15) is 24.0 Å². The van der Waals surface area contributed by atoms with Crippen LogP contribution in [-0.2, 0) is 33.3 Å². The Morgan fingerprint density at radius 3 is 2.24 bits per heavy atom. The highest BCUT2D eigenvalue weighted by molar-refractivity contribution is 7.17. The topological polar surface area (TPSA) is 241 Å². The lowest BCUT2D eigenvalue weighted by Gasteiger charge is -2.35. The predicted molar refractivity (Wildman–Crippen MR) is 307 cm³/mol. The molecule has 4 N–H and O–H groups in total. The summed E-state index contributed by atoms with van der Waals surface area (Å²) in [6.45, 7) is 10.9. The van der Waals surface area contributed by atoms with Crippen molar-refractivity contribution in [3.63, 3.8) is 0 Å². The molecule has 4 amide bonds. The van der Waals surface area contributed by atoms with Crippen molar-refractivity contribution < 1.29 is 47.7 Å². The Bertz CT molecular complexity index is 2860. The molecular formula is C56H72ClN11O10S2. The van der Waals surface area contributed by atoms with E-state index < -0.39 is 12.1 Å². The summed E-state index contributed by atoms with van der Waals surface area (Å²) in [4.78, 5) is 91.1. The Morgan fingerprint density at radius 2 is 1.51 bits per heavy atom. The van der Waals surface area contributed by atoms with E-state index in [-0.39, 0.29) is 61.2 Å². The Kier molecular flexibility index (Phi) is 22.5. The van der Waals surface area contributed by atoms with Gasteiger partial charge in [0.2, 0.25) is 23.5 Å². The average Bonchev–Trinajstić information content (AvgIpc) is 4.33. The van der Waals surface area contributed by atoms with Crippen molar-refractivity contribution in [2.45, 2.75) is 83.8 Å². The number of hydrogen-bond acceptors (Lipinski definition) is 19. The lowest BCUT2D eigenvalue weighted by molar-refractivity contribution is -0.139. The zero-order chi connectivity index (χ0) is 56.4. The first-order valence-electron chi connectivity index (χ1n) is 27.3. The van der Waals surface area contributed by atoms with Crippen LogP contribution in [0.15, 0.2) is 60.1 Å². The number of aryl methyl sites for hydroxylation is 2. The summed E-state index contributed by atoms with van der Waals surface area (Å²) in [5, 5.41) is 15.6. The Labute approximate surface area is 479 Å². The molecular weight excluding hydrogens is 1090 g/mol. The molecule has 0 bridgehead atoms. The largest absolute Gasteiger partial charge is 0.491 e. The molecule has 1 aliphatic carbocycles. The van der Waals surface area contributed by atoms with Crippen LogP contribution in [0.1, 0.15) is 100 Å². The minimum absolute atomic E-state index is 0.0435. The quantitative estimate of drug-likeness (QED) is 0.0291. The number of hydrogen-bond donors (Lipinski definition) is 4. The van der Waals surface area contributed by atoms with E-state index in [4.69, 9.17) is 40.3 Å². The Balaban J connectivity index is 0.654. The summed E-state index contributed by atoms with van der Waals surface area (Å²) in [6.07, 6.45) is 8.12. The van der Waals surface area contributed by atoms with Gasteiger partial charge in [-0.3, -0.25) is 24.0 Å². The van der Waals surface area contributed by atoms with Gasteiger partial charge in [-0.05, 0) is 83.2 Å². The first-order valence-corrected chi connectivity index (χ1v) is 29.4. The molecule has 21 nitrogen and oxygen atoms in total. The lowest BCUT2D eigenvalue weighted by Crippen LogP contribution is -2.55. The fraction of sp³-hybridized carbons (Fsp3) is 0.518. The zero-order valence-electron chi connectivity index (χ0n) is 45.8. The number of carbonyl (C=O) groups is 5. The highest BCUT2D eigenvalue weighted by Crippen LogP contribution is 2.37. The van der Waals surface area contributed by atoms with Gasteiger partial charge in [0, 0.05) is 49.7 Å². The maximum absolute atomic E-state index is 14.2. The highest BCUT2D eigenvalue weighted by Gasteiger charge is 2.40. The first-order chi connectivity index (χ1) is 38.8. The third-order valence-corrected chi connectivity index (χ3v) is 16.4. The van der Waals surface area contributed by atoms with Crippen LogP contribution in [-0.4, -0.2) is 170 Å². The number of amides is 4. The number of piperazine rings is 1. The molecule has 0 unspecified atom stereocenters. The SMILES string of the molecule is CN[C@@H](C)C(=O)N[C@H](C(=O)N1CCC[C@H]1c1nc(C(=O)c2cccc(OCCOCCOCCOCCOCC(=O)N3CCN(c4cc(Nc5ncc(C(=O)Nc6c(C)cccc6Cl)s5)nc(C)n4)CC3)c2)cs1)C1CCCCC1. The van der Waals surface area contributed by atoms with Crippen LogP contribution in [0.2, 0.25) is 5.02 Å². The number of nitrogens with one attached hydrogen (secondary N) is 4. The number of ether oxygens (including phenoxy) is 5. The van der Waals surface area contributed by atoms with Crippen LogP contribution in [0.3, 0.4) is 0 Å². The molecule has 3 aliphatic rings. The van der Waals surface area contributed by atoms with E-state index in [2.05, 4.69) is 41.1 Å². The maximum Gasteiger partial charge on any atom is 0.267 e. The van der Waals surface area contributed by atoms with E-state index in [1.54, 1.807) is 54.6 Å². The summed E-state index contributed by atoms with van der Waals surface area (Å²) in [7, 11) is 1.73. The molecule has 3 atom stereocenters. The molecule has 2 saturated heterocycles. The van der Waals surface area contributed by atoms with Gasteiger partial charge in [-0.25, -0.2) is 19.9 Å². The molecule has 0 radical (unpaired) electrons. The van der Waals surface area contributed by atoms with Crippen molar-refractivity contribution in [1.82, 2.24) is 40.4 Å². The average molecular weight is 1160 g/mol. The normalized spacial score (nSPS) is 16.6. The number of anilines is 4. The smallest absolute Gasteiger partial charge is 0.267 e. The van der Waals surface area contributed by atoms with Crippen LogP contribution in [0.5, 0.6) is 5.75 Å². The van der Waals surface area contributed by atoms with Gasteiger partial charge >= 0.3 is 0 Å². The summed E-state index contributed by atoms with van der Waals surface area (Å²) < 4.78 is 28.4. The monoisotopic (exact) mass is 1160 g/mol. The number of rotatable bonds is 28. The van der Waals surface area contributed by atoms with Crippen LogP contribution in [0.4, 0.5) is 22.5 Å². The number of likely N-dealkylation sites (N-methyl/N-ethyl adjacent to an activating group) is 1. The molecule has 0 spiro atoms. The van der Waals surface area contributed by atoms with Gasteiger partial charge in [0.25, 0.3) is 5.91 Å². The third-order valence-electron chi connectivity index (χ3n) is 14.2. The molecule has 430 valence electrons. The van der Waals surface area contributed by atoms with Gasteiger partial charge in [0.15, 0.2) is 5.13 Å². The molecule has 3 aromatic heterocycles. The van der Waals surface area contributed by atoms with Crippen molar-refractivity contribution in [2.75, 3.05) is 115 Å². The molecule has 5 aromatic rings. The van der Waals surface area contributed by atoms with Gasteiger partial charge in [-0.1, -0.05) is 66.5 Å². The third kappa shape index (κ3) is 16.7. The number of thiazole rings is 2. The van der Waals surface area contributed by atoms with Gasteiger partial charge in [-0.2, -0.15) is 0 Å². The maximum atomic E-state index is 14.2. The van der Waals surface area contributed by atoms with Crippen molar-refractivity contribution in [1.29, 1.82) is 0 Å². The molecule has 5 heterocycles. The summed E-state index contributed by atoms with van der Waals surface area (Å²) in [5.74, 6) is 1.56. The highest BCUT2D eigenvalue weighted by atomic mass is 35.5. The lowest BCUT2D eigenvalue weighted by atomic mass is 9.83. The van der Waals surface area contributed by atoms with Crippen molar-refractivity contribution in [2.24, 2.45) is 5.92 Å². The standard InChI is InChI=1S/C56H72ClN11O10S2/c1-36-11-8-16-42(57)49(36)64-53(72)45-33-59-56(80-45)63-46-32-47(61-38(3)60-46)66-19-21-67(22-20-66)48(69)34-77-28-27-75-24-23-74-25-26-76-29-30-78-41-15-9-14-40(31-41)51(70)43-35-79-54(62-43)44-17-10-18-68(44)55(73)50(39-12-6-5-7-13-39)65-52(71)37(2)58-4/h8-9,11,14-16,31-33,35,37,39,44,50,58H,5-7,10,12-13,17-30,34H2,1-4H3,(H,64,72)(H,65,71)(H,59,60,61,63)/t37-,44-,50-/m0/s1. The van der Waals surface area contributed by atoms with E-state index in [1.807, 2.05) is 36.9 Å². The van der Waals surface area contributed by atoms with Crippen LogP contribution in [0.25, 0.3) is 0 Å². The van der Waals surface area contributed by atoms with Gasteiger partial charge < -0.3 is 59.7 Å². The van der Waals surface area contributed by atoms with Crippen molar-refractivity contribution >= 4 is 86.1 Å². The molecule has 80 heavy (non-hydrogen) atoms. The second kappa shape index (κ2) is 30.0. The summed E-state index contributed by atoms with van der Waals surface area (Å²) in [6, 6.07) is 13.0. The molecule has 2 aliphatic heterocycles. The molecule has 2 aromatic carbocycles. The molecule has 8 rings (SSSR count). The molecule has 24 heteroatoms. The first kappa shape index (κ1) is 59.9. The Morgan fingerprint density at radius 1 is 0.800 bits per heavy atom. The second-order valence-corrected chi connectivity index (χ2v) is 22.1. The van der Waals surface area contributed by atoms with E-state index in [0.717, 1.165) is 61.3 Å². The van der Waals surface area contributed by atoms with Crippen molar-refractivity contribution in [3.05, 3.63) is 97.7 Å². The minimum Gasteiger partial charge on any atom is -0.491 e. The number of ketones is 1. The van der Waals surface area contributed by atoms with Crippen molar-refractivity contribution in [3.8, 4) is 5.75 Å². The van der Waals surface area contributed by atoms with Crippen LogP contribution >= 0.6 is 34.3 Å². The van der Waals surface area contributed by atoms with Crippen LogP contribution < -0.4 is 30.9 Å². The van der Waals surface area contributed by atoms with E-state index >= 15 is 0 Å².